The molecule has 0 saturated heterocycles. The Balaban J connectivity index is 2.49. The summed E-state index contributed by atoms with van der Waals surface area (Å²) >= 11 is 6.08. The van der Waals surface area contributed by atoms with Gasteiger partial charge < -0.3 is 5.32 Å². The van der Waals surface area contributed by atoms with E-state index >= 15 is 0 Å². The summed E-state index contributed by atoms with van der Waals surface area (Å²) in [6.07, 6.45) is 0.850. The van der Waals surface area contributed by atoms with E-state index in [0.717, 1.165) is 17.9 Å². The van der Waals surface area contributed by atoms with Crippen LogP contribution in [-0.4, -0.2) is 17.0 Å². The van der Waals surface area contributed by atoms with Crippen molar-refractivity contribution < 1.29 is 4.39 Å². The van der Waals surface area contributed by atoms with Crippen LogP contribution < -0.4 is 5.32 Å². The number of benzene rings is 1. The van der Waals surface area contributed by atoms with E-state index in [2.05, 4.69) is 29.1 Å². The Morgan fingerprint density at radius 1 is 1.25 bits per heavy atom. The summed E-state index contributed by atoms with van der Waals surface area (Å²) in [6, 6.07) is 6.15. The molecule has 1 heterocycles. The molecule has 106 valence electrons. The van der Waals surface area contributed by atoms with E-state index in [0.29, 0.717) is 22.3 Å². The van der Waals surface area contributed by atoms with E-state index in [9.17, 15) is 4.39 Å². The molecule has 0 atom stereocenters. The zero-order chi connectivity index (χ0) is 14.7. The molecule has 0 aliphatic heterocycles. The van der Waals surface area contributed by atoms with Gasteiger partial charge >= 0.3 is 0 Å². The lowest BCUT2D eigenvalue weighted by Crippen LogP contribution is -2.04. The molecule has 0 saturated carbocycles. The molecule has 0 unspecified atom stereocenters. The van der Waals surface area contributed by atoms with Crippen LogP contribution in [0.15, 0.2) is 24.3 Å². The van der Waals surface area contributed by atoms with Crippen LogP contribution in [0.1, 0.15) is 19.5 Å². The molecule has 5 heteroatoms. The molecule has 0 bridgehead atoms. The van der Waals surface area contributed by atoms with Crippen LogP contribution in [0.3, 0.4) is 0 Å². The summed E-state index contributed by atoms with van der Waals surface area (Å²) in [5.74, 6) is 1.36. The summed E-state index contributed by atoms with van der Waals surface area (Å²) in [6.45, 7) is 4.26. The number of hydrogen-bond acceptors (Lipinski definition) is 3. The smallest absolute Gasteiger partial charge is 0.163 e. The molecule has 0 amide bonds. The SMILES string of the molecule is CNc1cc(CC(C)C)nc(-c2ccc(F)cc2Cl)n1. The van der Waals surface area contributed by atoms with Crippen molar-refractivity contribution in [1.82, 2.24) is 9.97 Å². The van der Waals surface area contributed by atoms with E-state index < -0.39 is 0 Å². The first kappa shape index (κ1) is 14.7. The molecule has 0 spiro atoms. The van der Waals surface area contributed by atoms with Gasteiger partial charge in [0.1, 0.15) is 11.6 Å². The third kappa shape index (κ3) is 3.45. The zero-order valence-corrected chi connectivity index (χ0v) is 12.5. The Labute approximate surface area is 123 Å². The van der Waals surface area contributed by atoms with Crippen LogP contribution in [0.25, 0.3) is 11.4 Å². The van der Waals surface area contributed by atoms with Crippen molar-refractivity contribution in [2.24, 2.45) is 5.92 Å². The zero-order valence-electron chi connectivity index (χ0n) is 11.7. The highest BCUT2D eigenvalue weighted by molar-refractivity contribution is 6.33. The van der Waals surface area contributed by atoms with Crippen molar-refractivity contribution >= 4 is 17.4 Å². The second-order valence-electron chi connectivity index (χ2n) is 5.04. The highest BCUT2D eigenvalue weighted by Crippen LogP contribution is 2.27. The normalized spacial score (nSPS) is 10.9. The number of rotatable bonds is 4. The van der Waals surface area contributed by atoms with Crippen LogP contribution in [-0.2, 0) is 6.42 Å². The minimum absolute atomic E-state index is 0.314. The molecule has 1 aromatic carbocycles. The van der Waals surface area contributed by atoms with Gasteiger partial charge in [0.05, 0.1) is 5.02 Å². The van der Waals surface area contributed by atoms with E-state index in [1.54, 1.807) is 13.1 Å². The average Bonchev–Trinajstić information content (AvgIpc) is 2.37. The van der Waals surface area contributed by atoms with Gasteiger partial charge in [0, 0.05) is 24.4 Å². The van der Waals surface area contributed by atoms with Gasteiger partial charge in [-0.2, -0.15) is 0 Å². The van der Waals surface area contributed by atoms with Crippen molar-refractivity contribution in [1.29, 1.82) is 0 Å². The number of nitrogens with one attached hydrogen (secondary N) is 1. The summed E-state index contributed by atoms with van der Waals surface area (Å²) in [4.78, 5) is 8.92. The van der Waals surface area contributed by atoms with Gasteiger partial charge in [0.25, 0.3) is 0 Å². The Hall–Kier alpha value is -1.68. The Kier molecular flexibility index (Phi) is 4.55. The largest absolute Gasteiger partial charge is 0.373 e. The fourth-order valence-corrected chi connectivity index (χ4v) is 2.19. The second-order valence-corrected chi connectivity index (χ2v) is 5.45. The first-order chi connectivity index (χ1) is 9.49. The highest BCUT2D eigenvalue weighted by atomic mass is 35.5. The summed E-state index contributed by atoms with van der Waals surface area (Å²) in [5, 5.41) is 3.33. The van der Waals surface area contributed by atoms with Crippen molar-refractivity contribution in [3.63, 3.8) is 0 Å². The molecule has 1 N–H and O–H groups in total. The second kappa shape index (κ2) is 6.18. The van der Waals surface area contributed by atoms with Crippen LogP contribution in [0.2, 0.25) is 5.02 Å². The number of aromatic nitrogens is 2. The van der Waals surface area contributed by atoms with E-state index in [1.807, 2.05) is 6.07 Å². The van der Waals surface area contributed by atoms with Crippen LogP contribution >= 0.6 is 11.6 Å². The third-order valence-electron chi connectivity index (χ3n) is 2.82. The Morgan fingerprint density at radius 3 is 2.60 bits per heavy atom. The number of nitrogens with zero attached hydrogens (tertiary/aromatic N) is 2. The first-order valence-electron chi connectivity index (χ1n) is 6.50. The third-order valence-corrected chi connectivity index (χ3v) is 3.14. The van der Waals surface area contributed by atoms with E-state index in [-0.39, 0.29) is 5.82 Å². The van der Waals surface area contributed by atoms with Gasteiger partial charge in [-0.25, -0.2) is 14.4 Å². The standard InChI is InChI=1S/C15H17ClFN3/c1-9(2)6-11-8-14(18-3)20-15(19-11)12-5-4-10(17)7-13(12)16/h4-5,7-9H,6H2,1-3H3,(H,18,19,20). The summed E-state index contributed by atoms with van der Waals surface area (Å²) in [5.41, 5.74) is 1.57. The lowest BCUT2D eigenvalue weighted by molar-refractivity contribution is 0.628. The van der Waals surface area contributed by atoms with Crippen molar-refractivity contribution in [2.45, 2.75) is 20.3 Å². The molecule has 3 nitrogen and oxygen atoms in total. The van der Waals surface area contributed by atoms with Crippen molar-refractivity contribution in [2.75, 3.05) is 12.4 Å². The van der Waals surface area contributed by atoms with Gasteiger partial charge in [-0.05, 0) is 30.5 Å². The fraction of sp³-hybridized carbons (Fsp3) is 0.333. The molecule has 1 aromatic heterocycles. The number of anilines is 1. The summed E-state index contributed by atoms with van der Waals surface area (Å²) < 4.78 is 13.1. The molecule has 0 radical (unpaired) electrons. The molecule has 0 aliphatic rings. The predicted octanol–water partition coefficient (Wildman–Crippen LogP) is 4.18. The quantitative estimate of drug-likeness (QED) is 0.919. The molecule has 20 heavy (non-hydrogen) atoms. The van der Waals surface area contributed by atoms with Gasteiger partial charge in [-0.1, -0.05) is 25.4 Å². The molecular formula is C15H17ClFN3. The van der Waals surface area contributed by atoms with E-state index in [4.69, 9.17) is 11.6 Å². The predicted molar refractivity (Wildman–Crippen MR) is 80.5 cm³/mol. The molecular weight excluding hydrogens is 277 g/mol. The molecule has 0 fully saturated rings. The average molecular weight is 294 g/mol. The molecule has 2 aromatic rings. The van der Waals surface area contributed by atoms with Gasteiger partial charge in [0.2, 0.25) is 0 Å². The van der Waals surface area contributed by atoms with Crippen molar-refractivity contribution in [3.05, 3.63) is 40.8 Å². The number of halogens is 2. The van der Waals surface area contributed by atoms with Gasteiger partial charge in [-0.15, -0.1) is 0 Å². The highest BCUT2D eigenvalue weighted by Gasteiger charge is 2.11. The molecule has 0 aliphatic carbocycles. The minimum atomic E-state index is -0.370. The van der Waals surface area contributed by atoms with Crippen LogP contribution in [0.4, 0.5) is 10.2 Å². The van der Waals surface area contributed by atoms with Crippen molar-refractivity contribution in [3.8, 4) is 11.4 Å². The maximum Gasteiger partial charge on any atom is 0.163 e. The maximum absolute atomic E-state index is 13.1. The maximum atomic E-state index is 13.1. The Morgan fingerprint density at radius 2 is 2.00 bits per heavy atom. The molecule has 2 rings (SSSR count). The van der Waals surface area contributed by atoms with Crippen LogP contribution in [0, 0.1) is 11.7 Å². The van der Waals surface area contributed by atoms with Gasteiger partial charge in [-0.3, -0.25) is 0 Å². The van der Waals surface area contributed by atoms with Crippen LogP contribution in [0.5, 0.6) is 0 Å². The lowest BCUT2D eigenvalue weighted by atomic mass is 10.1. The fourth-order valence-electron chi connectivity index (χ4n) is 1.94. The lowest BCUT2D eigenvalue weighted by Gasteiger charge is -2.10. The van der Waals surface area contributed by atoms with E-state index in [1.165, 1.54) is 12.1 Å². The Bertz CT molecular complexity index is 614. The monoisotopic (exact) mass is 293 g/mol. The summed E-state index contributed by atoms with van der Waals surface area (Å²) in [7, 11) is 1.80. The number of hydrogen-bond donors (Lipinski definition) is 1. The first-order valence-corrected chi connectivity index (χ1v) is 6.88. The minimum Gasteiger partial charge on any atom is -0.373 e. The topological polar surface area (TPSA) is 37.8 Å². The van der Waals surface area contributed by atoms with Gasteiger partial charge in [0.15, 0.2) is 5.82 Å².